The summed E-state index contributed by atoms with van der Waals surface area (Å²) >= 11 is 5.74. The van der Waals surface area contributed by atoms with Crippen LogP contribution < -0.4 is 5.73 Å². The van der Waals surface area contributed by atoms with Crippen LogP contribution in [0, 0.1) is 0 Å². The number of nitrogens with two attached hydrogens (primary N) is 1. The molecule has 0 spiro atoms. The highest BCUT2D eigenvalue weighted by Crippen LogP contribution is 2.44. The van der Waals surface area contributed by atoms with Crippen molar-refractivity contribution in [2.24, 2.45) is 5.73 Å². The molecule has 0 aliphatic heterocycles. The lowest BCUT2D eigenvalue weighted by atomic mass is 10.1. The van der Waals surface area contributed by atoms with Crippen molar-refractivity contribution in [2.75, 3.05) is 0 Å². The lowest BCUT2D eigenvalue weighted by Crippen LogP contribution is -2.00. The molecule has 0 saturated heterocycles. The molecule has 1 aromatic carbocycles. The third kappa shape index (κ3) is 1.17. The Morgan fingerprint density at radius 3 is 2.75 bits per heavy atom. The molecule has 1 fully saturated rings. The van der Waals surface area contributed by atoms with E-state index in [2.05, 4.69) is 0 Å². The summed E-state index contributed by atoms with van der Waals surface area (Å²) in [4.78, 5) is 0. The van der Waals surface area contributed by atoms with Gasteiger partial charge in [0.1, 0.15) is 5.75 Å². The van der Waals surface area contributed by atoms with Gasteiger partial charge in [-0.25, -0.2) is 0 Å². The molecule has 2 nitrogen and oxygen atoms in total. The maximum atomic E-state index is 9.54. The van der Waals surface area contributed by atoms with E-state index in [1.165, 1.54) is 0 Å². The van der Waals surface area contributed by atoms with E-state index in [1.54, 1.807) is 6.07 Å². The van der Waals surface area contributed by atoms with E-state index in [0.717, 1.165) is 12.0 Å². The Morgan fingerprint density at radius 1 is 1.50 bits per heavy atom. The molecule has 2 atom stereocenters. The van der Waals surface area contributed by atoms with Gasteiger partial charge in [0.15, 0.2) is 0 Å². The zero-order valence-corrected chi connectivity index (χ0v) is 7.25. The monoisotopic (exact) mass is 183 g/mol. The van der Waals surface area contributed by atoms with Gasteiger partial charge in [0, 0.05) is 17.5 Å². The molecule has 1 aliphatic carbocycles. The second-order valence-electron chi connectivity index (χ2n) is 3.18. The second kappa shape index (κ2) is 2.64. The number of rotatable bonds is 1. The van der Waals surface area contributed by atoms with Crippen LogP contribution in [0.4, 0.5) is 0 Å². The van der Waals surface area contributed by atoms with E-state index in [0.29, 0.717) is 10.9 Å². The average Bonchev–Trinajstić information content (AvgIpc) is 2.73. The van der Waals surface area contributed by atoms with Crippen LogP contribution in [0.25, 0.3) is 0 Å². The van der Waals surface area contributed by atoms with Gasteiger partial charge in [0.2, 0.25) is 0 Å². The van der Waals surface area contributed by atoms with Crippen molar-refractivity contribution >= 4 is 11.6 Å². The number of hydrogen-bond donors (Lipinski definition) is 2. The van der Waals surface area contributed by atoms with Crippen LogP contribution in [0.2, 0.25) is 5.02 Å². The summed E-state index contributed by atoms with van der Waals surface area (Å²) in [5, 5.41) is 9.95. The summed E-state index contributed by atoms with van der Waals surface area (Å²) < 4.78 is 0. The molecule has 1 aromatic rings. The zero-order chi connectivity index (χ0) is 8.72. The fraction of sp³-hybridized carbons (Fsp3) is 0.333. The molecule has 1 aliphatic rings. The van der Waals surface area contributed by atoms with E-state index in [1.807, 2.05) is 12.1 Å². The predicted molar refractivity (Wildman–Crippen MR) is 48.5 cm³/mol. The van der Waals surface area contributed by atoms with E-state index in [9.17, 15) is 5.11 Å². The van der Waals surface area contributed by atoms with E-state index >= 15 is 0 Å². The fourth-order valence-corrected chi connectivity index (χ4v) is 1.59. The van der Waals surface area contributed by atoms with Gasteiger partial charge in [-0.15, -0.1) is 0 Å². The zero-order valence-electron chi connectivity index (χ0n) is 6.50. The Kier molecular flexibility index (Phi) is 1.74. The first-order valence-electron chi connectivity index (χ1n) is 3.93. The Labute approximate surface area is 76.0 Å². The molecule has 3 heteroatoms. The molecule has 0 aromatic heterocycles. The number of hydrogen-bond acceptors (Lipinski definition) is 2. The molecule has 0 unspecified atom stereocenters. The number of phenols is 1. The van der Waals surface area contributed by atoms with Gasteiger partial charge >= 0.3 is 0 Å². The molecule has 2 rings (SSSR count). The van der Waals surface area contributed by atoms with Crippen LogP contribution >= 0.6 is 11.6 Å². The smallest absolute Gasteiger partial charge is 0.137 e. The third-order valence-electron chi connectivity index (χ3n) is 2.26. The molecule has 3 N–H and O–H groups in total. The quantitative estimate of drug-likeness (QED) is 0.698. The van der Waals surface area contributed by atoms with Crippen molar-refractivity contribution in [1.82, 2.24) is 0 Å². The van der Waals surface area contributed by atoms with Crippen LogP contribution in [0.1, 0.15) is 17.9 Å². The minimum atomic E-state index is 0.192. The van der Waals surface area contributed by atoms with Gasteiger partial charge in [-0.2, -0.15) is 0 Å². The topological polar surface area (TPSA) is 46.2 Å². The molecule has 0 amide bonds. The highest BCUT2D eigenvalue weighted by atomic mass is 35.5. The SMILES string of the molecule is N[C@@H]1C[C@H]1c1cccc(Cl)c1O. The minimum absolute atomic E-state index is 0.192. The standard InChI is InChI=1S/C9H10ClNO/c10-7-3-1-2-5(9(7)12)6-4-8(6)11/h1-3,6,8,12H,4,11H2/t6-,8+/m0/s1. The summed E-state index contributed by atoms with van der Waals surface area (Å²) in [6.07, 6.45) is 0.952. The van der Waals surface area contributed by atoms with Crippen molar-refractivity contribution in [1.29, 1.82) is 0 Å². The van der Waals surface area contributed by atoms with E-state index in [-0.39, 0.29) is 11.8 Å². The number of halogens is 1. The van der Waals surface area contributed by atoms with Gasteiger partial charge in [0.05, 0.1) is 5.02 Å². The molecule has 64 valence electrons. The second-order valence-corrected chi connectivity index (χ2v) is 3.59. The van der Waals surface area contributed by atoms with Crippen LogP contribution in [0.15, 0.2) is 18.2 Å². The molecule has 1 saturated carbocycles. The number of aromatic hydroxyl groups is 1. The number of para-hydroxylation sites is 1. The van der Waals surface area contributed by atoms with Gasteiger partial charge < -0.3 is 10.8 Å². The van der Waals surface area contributed by atoms with Crippen molar-refractivity contribution in [2.45, 2.75) is 18.4 Å². The molecule has 0 radical (unpaired) electrons. The Morgan fingerprint density at radius 2 is 2.17 bits per heavy atom. The van der Waals surface area contributed by atoms with Crippen LogP contribution in [-0.2, 0) is 0 Å². The molecule has 12 heavy (non-hydrogen) atoms. The summed E-state index contributed by atoms with van der Waals surface area (Å²) in [6.45, 7) is 0. The maximum Gasteiger partial charge on any atom is 0.137 e. The minimum Gasteiger partial charge on any atom is -0.506 e. The normalized spacial score (nSPS) is 27.2. The van der Waals surface area contributed by atoms with Crippen molar-refractivity contribution in [3.05, 3.63) is 28.8 Å². The predicted octanol–water partition coefficient (Wildman–Crippen LogP) is 1.86. The third-order valence-corrected chi connectivity index (χ3v) is 2.56. The van der Waals surface area contributed by atoms with Gasteiger partial charge in [-0.1, -0.05) is 23.7 Å². The number of phenolic OH excluding ortho intramolecular Hbond substituents is 1. The number of benzene rings is 1. The highest BCUT2D eigenvalue weighted by Gasteiger charge is 2.36. The first-order chi connectivity index (χ1) is 5.70. The van der Waals surface area contributed by atoms with Gasteiger partial charge in [-0.3, -0.25) is 0 Å². The van der Waals surface area contributed by atoms with E-state index < -0.39 is 0 Å². The first-order valence-corrected chi connectivity index (χ1v) is 4.31. The fourth-order valence-electron chi connectivity index (χ4n) is 1.40. The lowest BCUT2D eigenvalue weighted by molar-refractivity contribution is 0.468. The Balaban J connectivity index is 2.38. The first kappa shape index (κ1) is 7.90. The summed E-state index contributed by atoms with van der Waals surface area (Å²) in [6, 6.07) is 5.59. The molecular weight excluding hydrogens is 174 g/mol. The van der Waals surface area contributed by atoms with Crippen LogP contribution in [0.5, 0.6) is 5.75 Å². The van der Waals surface area contributed by atoms with Crippen molar-refractivity contribution < 1.29 is 5.11 Å². The highest BCUT2D eigenvalue weighted by molar-refractivity contribution is 6.32. The molecule has 0 heterocycles. The van der Waals surface area contributed by atoms with Crippen LogP contribution in [-0.4, -0.2) is 11.1 Å². The molecule has 0 bridgehead atoms. The maximum absolute atomic E-state index is 9.54. The summed E-state index contributed by atoms with van der Waals surface area (Å²) in [7, 11) is 0. The summed E-state index contributed by atoms with van der Waals surface area (Å²) in [5.74, 6) is 0.501. The summed E-state index contributed by atoms with van der Waals surface area (Å²) in [5.41, 5.74) is 6.55. The van der Waals surface area contributed by atoms with Gasteiger partial charge in [-0.05, 0) is 12.5 Å². The van der Waals surface area contributed by atoms with Gasteiger partial charge in [0.25, 0.3) is 0 Å². The van der Waals surface area contributed by atoms with E-state index in [4.69, 9.17) is 17.3 Å². The van der Waals surface area contributed by atoms with Crippen molar-refractivity contribution in [3.63, 3.8) is 0 Å². The molecular formula is C9H10ClNO. The largest absolute Gasteiger partial charge is 0.506 e. The Bertz CT molecular complexity index is 313. The lowest BCUT2D eigenvalue weighted by Gasteiger charge is -2.03. The van der Waals surface area contributed by atoms with Crippen LogP contribution in [0.3, 0.4) is 0 Å². The van der Waals surface area contributed by atoms with Crippen molar-refractivity contribution in [3.8, 4) is 5.75 Å². The Hall–Kier alpha value is -0.730. The average molecular weight is 184 g/mol.